The number of likely N-dealkylation sites (N-methyl/N-ethyl adjacent to an activating group) is 1. The highest BCUT2D eigenvalue weighted by atomic mass is 127. The molecule has 1 saturated heterocycles. The molecule has 0 spiro atoms. The maximum atomic E-state index is 12.1. The number of hydrogen-bond acceptors (Lipinski definition) is 3. The Hall–Kier alpha value is -2.29. The van der Waals surface area contributed by atoms with Gasteiger partial charge >= 0.3 is 0 Å². The molecule has 0 aromatic heterocycles. The Balaban J connectivity index is 0.00000363. The molecule has 1 aliphatic rings. The van der Waals surface area contributed by atoms with E-state index < -0.39 is 0 Å². The molecule has 1 aliphatic heterocycles. The Morgan fingerprint density at radius 3 is 2.50 bits per heavy atom. The van der Waals surface area contributed by atoms with E-state index in [1.807, 2.05) is 12.1 Å². The highest BCUT2D eigenvalue weighted by Gasteiger charge is 2.25. The lowest BCUT2D eigenvalue weighted by atomic mass is 9.99. The number of carbonyl (C=O) groups is 1. The largest absolute Gasteiger partial charge is 0.497 e. The number of methoxy groups -OCH3 is 1. The first-order valence-corrected chi connectivity index (χ1v) is 11.0. The molecule has 6 nitrogen and oxygen atoms in total. The zero-order chi connectivity index (χ0) is 22.1. The van der Waals surface area contributed by atoms with Crippen LogP contribution >= 0.6 is 24.0 Å². The van der Waals surface area contributed by atoms with Crippen molar-refractivity contribution in [1.29, 1.82) is 0 Å². The van der Waals surface area contributed by atoms with E-state index in [-0.39, 0.29) is 36.4 Å². The van der Waals surface area contributed by atoms with Gasteiger partial charge in [-0.25, -0.2) is 4.99 Å². The smallest absolute Gasteiger partial charge is 0.243 e. The minimum Gasteiger partial charge on any atom is -0.497 e. The molecule has 1 heterocycles. The van der Waals surface area contributed by atoms with Crippen LogP contribution in [-0.4, -0.2) is 69.1 Å². The van der Waals surface area contributed by atoms with Crippen LogP contribution in [0.1, 0.15) is 17.5 Å². The van der Waals surface area contributed by atoms with Crippen LogP contribution in [0.4, 0.5) is 0 Å². The highest BCUT2D eigenvalue weighted by Crippen LogP contribution is 2.21. The second-order valence-electron chi connectivity index (χ2n) is 8.24. The van der Waals surface area contributed by atoms with E-state index in [2.05, 4.69) is 57.7 Å². The van der Waals surface area contributed by atoms with E-state index in [0.29, 0.717) is 5.92 Å². The van der Waals surface area contributed by atoms with Gasteiger partial charge in [0, 0.05) is 33.7 Å². The summed E-state index contributed by atoms with van der Waals surface area (Å²) in [5.41, 5.74) is 2.61. The Morgan fingerprint density at radius 2 is 1.84 bits per heavy atom. The van der Waals surface area contributed by atoms with Gasteiger partial charge in [-0.05, 0) is 48.4 Å². The molecule has 1 amide bonds. The summed E-state index contributed by atoms with van der Waals surface area (Å²) in [5.74, 6) is 2.30. The molecule has 174 valence electrons. The molecule has 2 aromatic rings. The van der Waals surface area contributed by atoms with Gasteiger partial charge in [0.15, 0.2) is 5.96 Å². The van der Waals surface area contributed by atoms with Crippen LogP contribution in [-0.2, 0) is 17.6 Å². The van der Waals surface area contributed by atoms with E-state index in [9.17, 15) is 4.79 Å². The van der Waals surface area contributed by atoms with Crippen molar-refractivity contribution in [2.45, 2.75) is 19.3 Å². The Labute approximate surface area is 209 Å². The molecule has 0 bridgehead atoms. The van der Waals surface area contributed by atoms with Gasteiger partial charge in [0.2, 0.25) is 5.91 Å². The summed E-state index contributed by atoms with van der Waals surface area (Å²) in [6.07, 6.45) is 3.09. The molecule has 0 saturated carbocycles. The molecule has 1 N–H and O–H groups in total. The van der Waals surface area contributed by atoms with Gasteiger partial charge in [-0.2, -0.15) is 0 Å². The predicted octanol–water partition coefficient (Wildman–Crippen LogP) is 3.45. The summed E-state index contributed by atoms with van der Waals surface area (Å²) in [4.78, 5) is 20.6. The standard InChI is InChI=1S/C25H34N4O2.HI/c1-28(2)24(30)18-27-25(26-15-13-20-9-11-23(31-3)12-10-20)29-16-14-22(19-29)17-21-7-5-4-6-8-21;/h4-12,22H,13-19H2,1-3H3,(H,26,27);1H. The van der Waals surface area contributed by atoms with E-state index in [4.69, 9.17) is 4.74 Å². The zero-order valence-electron chi connectivity index (χ0n) is 19.3. The van der Waals surface area contributed by atoms with Gasteiger partial charge in [-0.3, -0.25) is 4.79 Å². The molecule has 7 heteroatoms. The summed E-state index contributed by atoms with van der Waals surface area (Å²) in [7, 11) is 5.20. The Kier molecular flexibility index (Phi) is 10.8. The van der Waals surface area contributed by atoms with Gasteiger partial charge in [0.25, 0.3) is 0 Å². The van der Waals surface area contributed by atoms with Crippen LogP contribution in [0, 0.1) is 5.92 Å². The van der Waals surface area contributed by atoms with Crippen molar-refractivity contribution in [2.24, 2.45) is 10.9 Å². The van der Waals surface area contributed by atoms with Crippen molar-refractivity contribution in [2.75, 3.05) is 47.4 Å². The van der Waals surface area contributed by atoms with Crippen molar-refractivity contribution in [1.82, 2.24) is 15.1 Å². The van der Waals surface area contributed by atoms with E-state index in [1.165, 1.54) is 11.1 Å². The maximum Gasteiger partial charge on any atom is 0.243 e. The normalized spacial score (nSPS) is 15.8. The summed E-state index contributed by atoms with van der Waals surface area (Å²) in [5, 5.41) is 3.49. The second-order valence-corrected chi connectivity index (χ2v) is 8.24. The third-order valence-electron chi connectivity index (χ3n) is 5.67. The van der Waals surface area contributed by atoms with E-state index in [1.54, 1.807) is 26.1 Å². The van der Waals surface area contributed by atoms with Gasteiger partial charge in [-0.1, -0.05) is 42.5 Å². The van der Waals surface area contributed by atoms with Crippen LogP contribution in [0.15, 0.2) is 59.6 Å². The Bertz CT molecular complexity index is 856. The van der Waals surface area contributed by atoms with Crippen LogP contribution < -0.4 is 10.1 Å². The van der Waals surface area contributed by atoms with Crippen LogP contribution in [0.25, 0.3) is 0 Å². The lowest BCUT2D eigenvalue weighted by Gasteiger charge is -2.22. The number of hydrogen-bond donors (Lipinski definition) is 1. The van der Waals surface area contributed by atoms with E-state index in [0.717, 1.165) is 50.6 Å². The van der Waals surface area contributed by atoms with E-state index >= 15 is 0 Å². The van der Waals surface area contributed by atoms with Crippen LogP contribution in [0.3, 0.4) is 0 Å². The zero-order valence-corrected chi connectivity index (χ0v) is 21.6. The van der Waals surface area contributed by atoms with Crippen molar-refractivity contribution in [3.8, 4) is 5.75 Å². The van der Waals surface area contributed by atoms with Crippen molar-refractivity contribution >= 4 is 35.8 Å². The van der Waals surface area contributed by atoms with Crippen molar-refractivity contribution in [3.63, 3.8) is 0 Å². The van der Waals surface area contributed by atoms with Crippen LogP contribution in [0.2, 0.25) is 0 Å². The number of likely N-dealkylation sites (tertiary alicyclic amines) is 1. The Morgan fingerprint density at radius 1 is 1.12 bits per heavy atom. The molecule has 0 aliphatic carbocycles. The molecule has 1 atom stereocenters. The first-order valence-electron chi connectivity index (χ1n) is 11.0. The molecule has 0 radical (unpaired) electrons. The molecule has 32 heavy (non-hydrogen) atoms. The number of ether oxygens (including phenoxy) is 1. The summed E-state index contributed by atoms with van der Waals surface area (Å²) in [6.45, 7) is 2.85. The number of aliphatic imine (C=N–C) groups is 1. The average Bonchev–Trinajstić information content (AvgIpc) is 3.25. The van der Waals surface area contributed by atoms with Crippen molar-refractivity contribution in [3.05, 3.63) is 65.7 Å². The molecular formula is C25H35IN4O2. The monoisotopic (exact) mass is 550 g/mol. The first-order chi connectivity index (χ1) is 15.0. The molecule has 1 unspecified atom stereocenters. The average molecular weight is 550 g/mol. The fourth-order valence-corrected chi connectivity index (χ4v) is 3.80. The number of carbonyl (C=O) groups excluding carboxylic acids is 1. The van der Waals surface area contributed by atoms with Gasteiger partial charge in [-0.15, -0.1) is 24.0 Å². The second kappa shape index (κ2) is 13.3. The summed E-state index contributed by atoms with van der Waals surface area (Å²) >= 11 is 0. The van der Waals surface area contributed by atoms with Gasteiger partial charge in [0.1, 0.15) is 12.3 Å². The number of amides is 1. The quantitative estimate of drug-likeness (QED) is 0.311. The minimum atomic E-state index is 0. The summed E-state index contributed by atoms with van der Waals surface area (Å²) in [6, 6.07) is 18.8. The molecular weight excluding hydrogens is 515 g/mol. The topological polar surface area (TPSA) is 57.2 Å². The summed E-state index contributed by atoms with van der Waals surface area (Å²) < 4.78 is 5.23. The number of halogens is 1. The third-order valence-corrected chi connectivity index (χ3v) is 5.67. The van der Waals surface area contributed by atoms with Crippen LogP contribution in [0.5, 0.6) is 5.75 Å². The third kappa shape index (κ3) is 8.00. The maximum absolute atomic E-state index is 12.1. The predicted molar refractivity (Wildman–Crippen MR) is 141 cm³/mol. The highest BCUT2D eigenvalue weighted by molar-refractivity contribution is 14.0. The number of nitrogens with zero attached hydrogens (tertiary/aromatic N) is 3. The van der Waals surface area contributed by atoms with Gasteiger partial charge < -0.3 is 19.9 Å². The fourth-order valence-electron chi connectivity index (χ4n) is 3.80. The van der Waals surface area contributed by atoms with Crippen molar-refractivity contribution < 1.29 is 9.53 Å². The molecule has 1 fully saturated rings. The minimum absolute atomic E-state index is 0. The number of guanidine groups is 1. The molecule has 3 rings (SSSR count). The van der Waals surface area contributed by atoms with Gasteiger partial charge in [0.05, 0.1) is 7.11 Å². The first kappa shape index (κ1) is 26.0. The lowest BCUT2D eigenvalue weighted by Crippen LogP contribution is -2.42. The SMILES string of the molecule is COc1ccc(CCNC(=NCC(=O)N(C)C)N2CCC(Cc3ccccc3)C2)cc1.I. The molecule has 2 aromatic carbocycles. The lowest BCUT2D eigenvalue weighted by molar-refractivity contribution is -0.127. The number of benzene rings is 2. The fraction of sp³-hybridized carbons (Fsp3) is 0.440. The number of nitrogens with one attached hydrogen (secondary N) is 1. The number of rotatable bonds is 8.